The van der Waals surface area contributed by atoms with Crippen molar-refractivity contribution in [2.45, 2.75) is 20.5 Å². The van der Waals surface area contributed by atoms with E-state index in [0.29, 0.717) is 28.3 Å². The smallest absolute Gasteiger partial charge is 0.258 e. The molecule has 0 saturated carbocycles. The molecule has 0 unspecified atom stereocenters. The fraction of sp³-hybridized carbons (Fsp3) is 0.125. The number of ether oxygens (including phenoxy) is 1. The van der Waals surface area contributed by atoms with Crippen LogP contribution in [0.4, 0.5) is 5.69 Å². The van der Waals surface area contributed by atoms with Crippen molar-refractivity contribution in [1.82, 2.24) is 9.38 Å². The molecule has 2 heterocycles. The largest absolute Gasteiger partial charge is 0.485 e. The van der Waals surface area contributed by atoms with Crippen LogP contribution < -0.4 is 15.6 Å². The number of hydrogen-bond acceptors (Lipinski definition) is 4. The Morgan fingerprint density at radius 1 is 1.00 bits per heavy atom. The van der Waals surface area contributed by atoms with Gasteiger partial charge in [0.25, 0.3) is 11.5 Å². The zero-order chi connectivity index (χ0) is 21.1. The zero-order valence-corrected chi connectivity index (χ0v) is 16.8. The Balaban J connectivity index is 1.53. The average molecular weight is 399 g/mol. The summed E-state index contributed by atoms with van der Waals surface area (Å²) in [5.74, 6) is 0.285. The van der Waals surface area contributed by atoms with Crippen molar-refractivity contribution < 1.29 is 9.53 Å². The Hall–Kier alpha value is -3.93. The summed E-state index contributed by atoms with van der Waals surface area (Å²) < 4.78 is 7.38. The van der Waals surface area contributed by atoms with Gasteiger partial charge in [-0.2, -0.15) is 0 Å². The van der Waals surface area contributed by atoms with Gasteiger partial charge in [-0.1, -0.05) is 29.8 Å². The fourth-order valence-corrected chi connectivity index (χ4v) is 3.07. The standard InChI is InChI=1S/C24H21N3O3/c1-16-7-9-18(10-8-16)24(29)26-20-5-3-4-6-21(20)30-15-19-14-23(28)27-12-11-17(2)13-22(27)25-19/h3-14H,15H2,1-2H3,(H,26,29). The SMILES string of the molecule is Cc1ccc(C(=O)Nc2ccccc2OCc2cc(=O)n3ccc(C)cc3n2)cc1. The van der Waals surface area contributed by atoms with Crippen molar-refractivity contribution in [3.05, 3.63) is 106 Å². The third-order valence-corrected chi connectivity index (χ3v) is 4.70. The summed E-state index contributed by atoms with van der Waals surface area (Å²) in [6.45, 7) is 4.03. The lowest BCUT2D eigenvalue weighted by molar-refractivity contribution is 0.102. The molecule has 0 aliphatic rings. The van der Waals surface area contributed by atoms with E-state index < -0.39 is 0 Å². The number of aromatic nitrogens is 2. The topological polar surface area (TPSA) is 72.7 Å². The van der Waals surface area contributed by atoms with Gasteiger partial charge < -0.3 is 10.1 Å². The molecule has 0 atom stereocenters. The van der Waals surface area contributed by atoms with Gasteiger partial charge in [0.2, 0.25) is 0 Å². The second kappa shape index (κ2) is 8.21. The molecule has 0 aliphatic carbocycles. The van der Waals surface area contributed by atoms with E-state index in [9.17, 15) is 9.59 Å². The van der Waals surface area contributed by atoms with Gasteiger partial charge in [-0.25, -0.2) is 4.98 Å². The molecule has 6 nitrogen and oxygen atoms in total. The van der Waals surface area contributed by atoms with Gasteiger partial charge in [0.1, 0.15) is 18.0 Å². The molecule has 4 rings (SSSR count). The van der Waals surface area contributed by atoms with Crippen molar-refractivity contribution in [2.24, 2.45) is 0 Å². The summed E-state index contributed by atoms with van der Waals surface area (Å²) in [5, 5.41) is 2.88. The predicted octanol–water partition coefficient (Wildman–Crippen LogP) is 4.14. The molecule has 1 amide bonds. The fourth-order valence-electron chi connectivity index (χ4n) is 3.07. The first-order valence-corrected chi connectivity index (χ1v) is 9.58. The third-order valence-electron chi connectivity index (χ3n) is 4.70. The van der Waals surface area contributed by atoms with Crippen LogP contribution in [0.15, 0.2) is 77.7 Å². The highest BCUT2D eigenvalue weighted by Crippen LogP contribution is 2.25. The van der Waals surface area contributed by atoms with Crippen LogP contribution in [0.2, 0.25) is 0 Å². The Bertz CT molecular complexity index is 1280. The summed E-state index contributed by atoms with van der Waals surface area (Å²) in [6.07, 6.45) is 1.71. The van der Waals surface area contributed by atoms with Crippen LogP contribution in [0.1, 0.15) is 27.2 Å². The molecule has 0 bridgehead atoms. The molecule has 0 saturated heterocycles. The lowest BCUT2D eigenvalue weighted by Crippen LogP contribution is -2.16. The Morgan fingerprint density at radius 2 is 1.77 bits per heavy atom. The van der Waals surface area contributed by atoms with Crippen molar-refractivity contribution in [1.29, 1.82) is 0 Å². The maximum Gasteiger partial charge on any atom is 0.258 e. The van der Waals surface area contributed by atoms with E-state index in [4.69, 9.17) is 4.74 Å². The second-order valence-electron chi connectivity index (χ2n) is 7.12. The van der Waals surface area contributed by atoms with Crippen LogP contribution >= 0.6 is 0 Å². The number of carbonyl (C=O) groups is 1. The molecule has 0 spiro atoms. The highest BCUT2D eigenvalue weighted by molar-refractivity contribution is 6.05. The molecule has 4 aromatic rings. The molecule has 30 heavy (non-hydrogen) atoms. The quantitative estimate of drug-likeness (QED) is 0.547. The second-order valence-corrected chi connectivity index (χ2v) is 7.12. The van der Waals surface area contributed by atoms with Crippen molar-refractivity contribution >= 4 is 17.2 Å². The van der Waals surface area contributed by atoms with Crippen LogP contribution in [0.5, 0.6) is 5.75 Å². The molecule has 150 valence electrons. The van der Waals surface area contributed by atoms with Gasteiger partial charge >= 0.3 is 0 Å². The number of hydrogen-bond donors (Lipinski definition) is 1. The molecular weight excluding hydrogens is 378 g/mol. The molecule has 0 aliphatic heterocycles. The van der Waals surface area contributed by atoms with Gasteiger partial charge in [0.05, 0.1) is 11.4 Å². The minimum absolute atomic E-state index is 0.108. The number of benzene rings is 2. The van der Waals surface area contributed by atoms with E-state index in [0.717, 1.165) is 11.1 Å². The Kier molecular flexibility index (Phi) is 5.30. The third kappa shape index (κ3) is 4.22. The van der Waals surface area contributed by atoms with Gasteiger partial charge in [-0.3, -0.25) is 14.0 Å². The molecule has 0 radical (unpaired) electrons. The van der Waals surface area contributed by atoms with Gasteiger partial charge in [0.15, 0.2) is 0 Å². The first-order chi connectivity index (χ1) is 14.5. The molecule has 2 aromatic heterocycles. The normalized spacial score (nSPS) is 10.7. The summed E-state index contributed by atoms with van der Waals surface area (Å²) in [6, 6.07) is 19.7. The van der Waals surface area contributed by atoms with Crippen LogP contribution in [-0.4, -0.2) is 15.3 Å². The maximum atomic E-state index is 12.6. The minimum Gasteiger partial charge on any atom is -0.485 e. The Labute approximate surface area is 173 Å². The highest BCUT2D eigenvalue weighted by Gasteiger charge is 2.11. The molecular formula is C24H21N3O3. The van der Waals surface area contributed by atoms with Crippen LogP contribution in [0, 0.1) is 13.8 Å². The summed E-state index contributed by atoms with van der Waals surface area (Å²) in [7, 11) is 0. The number of nitrogens with zero attached hydrogens (tertiary/aromatic N) is 2. The summed E-state index contributed by atoms with van der Waals surface area (Å²) in [5.41, 5.74) is 4.15. The van der Waals surface area contributed by atoms with E-state index in [1.165, 1.54) is 10.5 Å². The number of para-hydroxylation sites is 2. The van der Waals surface area contributed by atoms with Crippen molar-refractivity contribution in [2.75, 3.05) is 5.32 Å². The highest BCUT2D eigenvalue weighted by atomic mass is 16.5. The predicted molar refractivity (Wildman–Crippen MR) is 116 cm³/mol. The van der Waals surface area contributed by atoms with Gasteiger partial charge in [-0.05, 0) is 55.8 Å². The first-order valence-electron chi connectivity index (χ1n) is 9.58. The number of carbonyl (C=O) groups excluding carboxylic acids is 1. The number of fused-ring (bicyclic) bond motifs is 1. The van der Waals surface area contributed by atoms with Crippen LogP contribution in [0.25, 0.3) is 5.65 Å². The van der Waals surface area contributed by atoms with Crippen molar-refractivity contribution in [3.8, 4) is 5.75 Å². The molecule has 1 N–H and O–H groups in total. The number of aryl methyl sites for hydroxylation is 2. The van der Waals surface area contributed by atoms with E-state index in [-0.39, 0.29) is 18.1 Å². The van der Waals surface area contributed by atoms with Crippen molar-refractivity contribution in [3.63, 3.8) is 0 Å². The van der Waals surface area contributed by atoms with E-state index >= 15 is 0 Å². The molecule has 2 aromatic carbocycles. The van der Waals surface area contributed by atoms with E-state index in [1.54, 1.807) is 30.5 Å². The lowest BCUT2D eigenvalue weighted by atomic mass is 10.1. The number of pyridine rings is 1. The number of rotatable bonds is 5. The lowest BCUT2D eigenvalue weighted by Gasteiger charge is -2.13. The van der Waals surface area contributed by atoms with Crippen LogP contribution in [-0.2, 0) is 6.61 Å². The summed E-state index contributed by atoms with van der Waals surface area (Å²) >= 11 is 0. The average Bonchev–Trinajstić information content (AvgIpc) is 2.73. The number of nitrogens with one attached hydrogen (secondary N) is 1. The first kappa shape index (κ1) is 19.4. The van der Waals surface area contributed by atoms with Gasteiger partial charge in [0, 0.05) is 17.8 Å². The van der Waals surface area contributed by atoms with E-state index in [1.807, 2.05) is 50.2 Å². The zero-order valence-electron chi connectivity index (χ0n) is 16.8. The number of amides is 1. The molecule has 6 heteroatoms. The molecule has 0 fully saturated rings. The van der Waals surface area contributed by atoms with Crippen LogP contribution in [0.3, 0.4) is 0 Å². The van der Waals surface area contributed by atoms with Gasteiger partial charge in [-0.15, -0.1) is 0 Å². The van der Waals surface area contributed by atoms with E-state index in [2.05, 4.69) is 10.3 Å². The maximum absolute atomic E-state index is 12.6. The number of anilines is 1. The summed E-state index contributed by atoms with van der Waals surface area (Å²) in [4.78, 5) is 29.4. The Morgan fingerprint density at radius 3 is 2.57 bits per heavy atom. The minimum atomic E-state index is -0.219. The monoisotopic (exact) mass is 399 g/mol.